The summed E-state index contributed by atoms with van der Waals surface area (Å²) in [4.78, 5) is 0. The van der Waals surface area contributed by atoms with E-state index < -0.39 is 0 Å². The number of aryl methyl sites for hydroxylation is 1. The van der Waals surface area contributed by atoms with Crippen molar-refractivity contribution in [3.63, 3.8) is 0 Å². The zero-order chi connectivity index (χ0) is 11.0. The van der Waals surface area contributed by atoms with Gasteiger partial charge in [-0.05, 0) is 18.8 Å². The van der Waals surface area contributed by atoms with Crippen molar-refractivity contribution in [2.75, 3.05) is 12.3 Å². The molecule has 0 amide bonds. The van der Waals surface area contributed by atoms with Crippen molar-refractivity contribution in [3.8, 4) is 0 Å². The average molecular weight is 209 g/mol. The van der Waals surface area contributed by atoms with Gasteiger partial charge < -0.3 is 10.5 Å². The number of rotatable bonds is 2. The van der Waals surface area contributed by atoms with Gasteiger partial charge in [0.1, 0.15) is 11.9 Å². The molecule has 1 aromatic rings. The van der Waals surface area contributed by atoms with Gasteiger partial charge in [0.2, 0.25) is 0 Å². The van der Waals surface area contributed by atoms with Gasteiger partial charge in [0, 0.05) is 12.6 Å². The summed E-state index contributed by atoms with van der Waals surface area (Å²) in [6.45, 7) is 5.15. The van der Waals surface area contributed by atoms with E-state index in [1.54, 1.807) is 4.68 Å². The monoisotopic (exact) mass is 209 g/mol. The predicted molar refractivity (Wildman–Crippen MR) is 59.5 cm³/mol. The molecule has 15 heavy (non-hydrogen) atoms. The number of nitrogens with zero attached hydrogens (tertiary/aromatic N) is 2. The maximum absolute atomic E-state index is 5.96. The van der Waals surface area contributed by atoms with E-state index in [9.17, 15) is 0 Å². The first-order chi connectivity index (χ1) is 7.13. The van der Waals surface area contributed by atoms with Gasteiger partial charge in [-0.15, -0.1) is 0 Å². The molecule has 2 rings (SSSR count). The van der Waals surface area contributed by atoms with Gasteiger partial charge in [0.25, 0.3) is 0 Å². The van der Waals surface area contributed by atoms with Gasteiger partial charge in [-0.25, -0.2) is 0 Å². The summed E-state index contributed by atoms with van der Waals surface area (Å²) >= 11 is 0. The van der Waals surface area contributed by atoms with E-state index in [4.69, 9.17) is 10.5 Å². The number of anilines is 1. The Bertz CT molecular complexity index is 359. The molecule has 0 radical (unpaired) electrons. The van der Waals surface area contributed by atoms with E-state index in [1.807, 2.05) is 7.05 Å². The zero-order valence-corrected chi connectivity index (χ0v) is 9.66. The molecule has 1 aliphatic rings. The number of hydrogen-bond donors (Lipinski definition) is 1. The van der Waals surface area contributed by atoms with Crippen molar-refractivity contribution < 1.29 is 4.74 Å². The second kappa shape index (κ2) is 3.85. The molecule has 2 N–H and O–H groups in total. The molecule has 0 aromatic carbocycles. The van der Waals surface area contributed by atoms with Gasteiger partial charge in [0.05, 0.1) is 12.3 Å². The summed E-state index contributed by atoms with van der Waals surface area (Å²) in [5, 5.41) is 4.46. The van der Waals surface area contributed by atoms with Crippen LogP contribution in [-0.2, 0) is 18.2 Å². The van der Waals surface area contributed by atoms with Crippen LogP contribution < -0.4 is 5.73 Å². The molecule has 0 saturated carbocycles. The summed E-state index contributed by atoms with van der Waals surface area (Å²) in [6, 6.07) is 0. The Hall–Kier alpha value is -1.03. The van der Waals surface area contributed by atoms with E-state index in [0.29, 0.717) is 5.92 Å². The molecule has 1 aromatic heterocycles. The second-order valence-electron chi connectivity index (χ2n) is 4.39. The first-order valence-corrected chi connectivity index (χ1v) is 5.56. The van der Waals surface area contributed by atoms with Crippen molar-refractivity contribution in [1.29, 1.82) is 0 Å². The summed E-state index contributed by atoms with van der Waals surface area (Å²) in [6.07, 6.45) is 2.13. The van der Waals surface area contributed by atoms with E-state index in [-0.39, 0.29) is 6.10 Å². The summed E-state index contributed by atoms with van der Waals surface area (Å²) in [5.74, 6) is 1.40. The molecule has 1 fully saturated rings. The van der Waals surface area contributed by atoms with E-state index >= 15 is 0 Å². The van der Waals surface area contributed by atoms with Gasteiger partial charge in [-0.2, -0.15) is 5.10 Å². The number of nitrogens with two attached hydrogens (primary N) is 1. The fourth-order valence-electron chi connectivity index (χ4n) is 2.20. The molecule has 2 unspecified atom stereocenters. The van der Waals surface area contributed by atoms with Crippen LogP contribution in [-0.4, -0.2) is 16.4 Å². The lowest BCUT2D eigenvalue weighted by atomic mass is 10.0. The molecule has 4 heteroatoms. The highest BCUT2D eigenvalue weighted by atomic mass is 16.5. The lowest BCUT2D eigenvalue weighted by Crippen LogP contribution is -2.01. The normalized spacial score (nSPS) is 26.1. The molecule has 2 atom stereocenters. The lowest BCUT2D eigenvalue weighted by molar-refractivity contribution is 0.104. The van der Waals surface area contributed by atoms with E-state index in [0.717, 1.165) is 36.5 Å². The molecule has 0 aliphatic carbocycles. The maximum Gasteiger partial charge on any atom is 0.124 e. The van der Waals surface area contributed by atoms with Crippen LogP contribution in [0.3, 0.4) is 0 Å². The number of ether oxygens (including phenoxy) is 1. The minimum atomic E-state index is 0.151. The molecule has 84 valence electrons. The van der Waals surface area contributed by atoms with Crippen LogP contribution in [0.15, 0.2) is 0 Å². The Balaban J connectivity index is 2.31. The Kier molecular flexibility index (Phi) is 2.69. The maximum atomic E-state index is 5.96. The number of hydrogen-bond acceptors (Lipinski definition) is 3. The third-order valence-electron chi connectivity index (χ3n) is 3.08. The minimum Gasteiger partial charge on any atom is -0.384 e. The predicted octanol–water partition coefficient (Wildman–Crippen LogP) is 1.66. The van der Waals surface area contributed by atoms with Crippen LogP contribution in [0.1, 0.15) is 37.6 Å². The highest BCUT2D eigenvalue weighted by Crippen LogP contribution is 2.34. The fourth-order valence-corrected chi connectivity index (χ4v) is 2.20. The Morgan fingerprint density at radius 2 is 2.33 bits per heavy atom. The molecular weight excluding hydrogens is 190 g/mol. The quantitative estimate of drug-likeness (QED) is 0.806. The molecule has 1 aliphatic heterocycles. The van der Waals surface area contributed by atoms with Crippen molar-refractivity contribution in [2.24, 2.45) is 13.0 Å². The Morgan fingerprint density at radius 1 is 1.60 bits per heavy atom. The van der Waals surface area contributed by atoms with Crippen molar-refractivity contribution in [2.45, 2.75) is 32.8 Å². The van der Waals surface area contributed by atoms with Crippen molar-refractivity contribution in [1.82, 2.24) is 9.78 Å². The molecular formula is C11H19N3O. The minimum absolute atomic E-state index is 0.151. The number of aromatic nitrogens is 2. The van der Waals surface area contributed by atoms with Gasteiger partial charge >= 0.3 is 0 Å². The third-order valence-corrected chi connectivity index (χ3v) is 3.08. The highest BCUT2D eigenvalue weighted by molar-refractivity contribution is 5.44. The topological polar surface area (TPSA) is 53.1 Å². The van der Waals surface area contributed by atoms with Crippen LogP contribution in [0.4, 0.5) is 5.82 Å². The third kappa shape index (κ3) is 1.74. The summed E-state index contributed by atoms with van der Waals surface area (Å²) < 4.78 is 7.48. The van der Waals surface area contributed by atoms with Crippen LogP contribution in [0, 0.1) is 5.92 Å². The SMILES string of the molecule is CCc1c(C2CC(C)CO2)nn(C)c1N. The molecule has 0 bridgehead atoms. The Morgan fingerprint density at radius 3 is 2.87 bits per heavy atom. The molecule has 0 spiro atoms. The Labute approximate surface area is 90.4 Å². The van der Waals surface area contributed by atoms with Gasteiger partial charge in [0.15, 0.2) is 0 Å². The van der Waals surface area contributed by atoms with Crippen LogP contribution in [0.25, 0.3) is 0 Å². The van der Waals surface area contributed by atoms with Gasteiger partial charge in [-0.3, -0.25) is 4.68 Å². The second-order valence-corrected chi connectivity index (χ2v) is 4.39. The van der Waals surface area contributed by atoms with Crippen molar-refractivity contribution in [3.05, 3.63) is 11.3 Å². The lowest BCUT2D eigenvalue weighted by Gasteiger charge is -2.07. The van der Waals surface area contributed by atoms with E-state index in [2.05, 4.69) is 18.9 Å². The first kappa shape index (κ1) is 10.5. The standard InChI is InChI=1S/C11H19N3O/c1-4-8-10(13-14(3)11(8)12)9-5-7(2)6-15-9/h7,9H,4-6,12H2,1-3H3. The highest BCUT2D eigenvalue weighted by Gasteiger charge is 2.28. The zero-order valence-electron chi connectivity index (χ0n) is 9.66. The first-order valence-electron chi connectivity index (χ1n) is 5.56. The average Bonchev–Trinajstić information content (AvgIpc) is 2.73. The smallest absolute Gasteiger partial charge is 0.124 e. The van der Waals surface area contributed by atoms with Crippen molar-refractivity contribution >= 4 is 5.82 Å². The van der Waals surface area contributed by atoms with Gasteiger partial charge in [-0.1, -0.05) is 13.8 Å². The van der Waals surface area contributed by atoms with Crippen LogP contribution >= 0.6 is 0 Å². The fraction of sp³-hybridized carbons (Fsp3) is 0.727. The molecule has 2 heterocycles. The van der Waals surface area contributed by atoms with E-state index in [1.165, 1.54) is 0 Å². The largest absolute Gasteiger partial charge is 0.384 e. The van der Waals surface area contributed by atoms with Crippen LogP contribution in [0.2, 0.25) is 0 Å². The number of nitrogen functional groups attached to an aromatic ring is 1. The molecule has 1 saturated heterocycles. The molecule has 4 nitrogen and oxygen atoms in total. The summed E-state index contributed by atoms with van der Waals surface area (Å²) in [5.41, 5.74) is 8.15. The van der Waals surface area contributed by atoms with Crippen LogP contribution in [0.5, 0.6) is 0 Å². The summed E-state index contributed by atoms with van der Waals surface area (Å²) in [7, 11) is 1.89.